The van der Waals surface area contributed by atoms with Gasteiger partial charge in [0.05, 0.1) is 11.4 Å². The van der Waals surface area contributed by atoms with Gasteiger partial charge in [-0.05, 0) is 6.42 Å². The van der Waals surface area contributed by atoms with Gasteiger partial charge in [-0.1, -0.05) is 40.2 Å². The average Bonchev–Trinajstić information content (AvgIpc) is 2.17. The summed E-state index contributed by atoms with van der Waals surface area (Å²) < 4.78 is 0. The molecule has 0 aromatic heterocycles. The number of hydrogen-bond donors (Lipinski definition) is 0. The van der Waals surface area contributed by atoms with Crippen molar-refractivity contribution >= 4 is 21.7 Å². The topological polar surface area (TPSA) is 40.9 Å². The van der Waals surface area contributed by atoms with Crippen LogP contribution in [-0.2, 0) is 4.79 Å². The Morgan fingerprint density at radius 2 is 2.42 bits per heavy atom. The normalized spacial score (nSPS) is 26.7. The summed E-state index contributed by atoms with van der Waals surface area (Å²) in [5.41, 5.74) is -0.918. The van der Waals surface area contributed by atoms with Gasteiger partial charge in [-0.3, -0.25) is 4.79 Å². The van der Waals surface area contributed by atoms with Gasteiger partial charge in [-0.2, -0.15) is 5.26 Å². The smallest absolute Gasteiger partial charge is 0.167 e. The van der Waals surface area contributed by atoms with Crippen molar-refractivity contribution in [2.24, 2.45) is 5.41 Å². The second-order valence-corrected chi connectivity index (χ2v) is 3.19. The first-order chi connectivity index (χ1) is 5.75. The van der Waals surface area contributed by atoms with Crippen LogP contribution in [0, 0.1) is 16.7 Å². The number of carbonyl (C=O) groups excluding carboxylic acids is 1. The van der Waals surface area contributed by atoms with E-state index >= 15 is 0 Å². The van der Waals surface area contributed by atoms with Gasteiger partial charge in [0, 0.05) is 0 Å². The molecular weight excluding hydrogens is 218 g/mol. The first-order valence-corrected chi connectivity index (χ1v) is 4.72. The Labute approximate surface area is 79.7 Å². The lowest BCUT2D eigenvalue weighted by molar-refractivity contribution is -0.121. The summed E-state index contributed by atoms with van der Waals surface area (Å²) in [6.07, 6.45) is 7.58. The molecule has 1 atom stereocenters. The van der Waals surface area contributed by atoms with Crippen LogP contribution in [0.1, 0.15) is 6.42 Å². The molecule has 0 fully saturated rings. The van der Waals surface area contributed by atoms with E-state index in [-0.39, 0.29) is 11.1 Å². The third-order valence-electron chi connectivity index (χ3n) is 1.89. The highest BCUT2D eigenvalue weighted by Gasteiger charge is 2.34. The van der Waals surface area contributed by atoms with Crippen molar-refractivity contribution in [3.63, 3.8) is 0 Å². The lowest BCUT2D eigenvalue weighted by Crippen LogP contribution is -2.28. The Morgan fingerprint density at radius 3 is 2.83 bits per heavy atom. The number of Topliss-reactive ketones (excluding diaryl/α,β-unsaturated/α-hetero) is 1. The van der Waals surface area contributed by atoms with Crippen molar-refractivity contribution in [2.45, 2.75) is 6.42 Å². The van der Waals surface area contributed by atoms with E-state index in [0.29, 0.717) is 6.42 Å². The lowest BCUT2D eigenvalue weighted by atomic mass is 9.80. The zero-order valence-electron chi connectivity index (χ0n) is 6.46. The van der Waals surface area contributed by atoms with Gasteiger partial charge in [-0.15, -0.1) is 0 Å². The number of carbonyl (C=O) groups is 1. The molecule has 0 bridgehead atoms. The van der Waals surface area contributed by atoms with Gasteiger partial charge in [0.2, 0.25) is 0 Å². The van der Waals surface area contributed by atoms with Crippen molar-refractivity contribution in [3.8, 4) is 6.07 Å². The third kappa shape index (κ3) is 1.49. The molecular formula is C9H8BrNO. The Morgan fingerprint density at radius 1 is 1.67 bits per heavy atom. The Hall–Kier alpha value is -0.880. The second-order valence-electron chi connectivity index (χ2n) is 2.63. The maximum atomic E-state index is 11.4. The highest BCUT2D eigenvalue weighted by molar-refractivity contribution is 9.09. The van der Waals surface area contributed by atoms with E-state index in [1.807, 2.05) is 12.2 Å². The minimum Gasteiger partial charge on any atom is -0.297 e. The molecule has 3 heteroatoms. The molecule has 0 spiro atoms. The fourth-order valence-corrected chi connectivity index (χ4v) is 1.59. The molecule has 62 valence electrons. The SMILES string of the molecule is N#CC1(C(=O)CBr)C=CC=CC1. The van der Waals surface area contributed by atoms with Crippen LogP contribution in [0.25, 0.3) is 0 Å². The number of nitriles is 1. The lowest BCUT2D eigenvalue weighted by Gasteiger charge is -2.19. The molecule has 0 radical (unpaired) electrons. The molecule has 0 heterocycles. The van der Waals surface area contributed by atoms with Gasteiger partial charge >= 0.3 is 0 Å². The zero-order chi connectivity index (χ0) is 9.03. The van der Waals surface area contributed by atoms with E-state index in [1.54, 1.807) is 12.2 Å². The average molecular weight is 226 g/mol. The second kappa shape index (κ2) is 3.68. The minimum atomic E-state index is -0.918. The van der Waals surface area contributed by atoms with Crippen LogP contribution in [0.2, 0.25) is 0 Å². The number of hydrogen-bond acceptors (Lipinski definition) is 2. The van der Waals surface area contributed by atoms with Crippen molar-refractivity contribution < 1.29 is 4.79 Å². The van der Waals surface area contributed by atoms with Crippen molar-refractivity contribution in [3.05, 3.63) is 24.3 Å². The minimum absolute atomic E-state index is 0.0781. The quantitative estimate of drug-likeness (QED) is 0.675. The summed E-state index contributed by atoms with van der Waals surface area (Å²) in [6.45, 7) is 0. The summed E-state index contributed by atoms with van der Waals surface area (Å²) in [7, 11) is 0. The molecule has 0 N–H and O–H groups in total. The van der Waals surface area contributed by atoms with Gasteiger partial charge in [0.15, 0.2) is 5.78 Å². The number of alkyl halides is 1. The molecule has 1 unspecified atom stereocenters. The molecule has 1 aliphatic rings. The largest absolute Gasteiger partial charge is 0.297 e. The zero-order valence-corrected chi connectivity index (χ0v) is 8.04. The van der Waals surface area contributed by atoms with Crippen molar-refractivity contribution in [1.82, 2.24) is 0 Å². The van der Waals surface area contributed by atoms with E-state index in [4.69, 9.17) is 5.26 Å². The van der Waals surface area contributed by atoms with Gasteiger partial charge in [0.1, 0.15) is 5.41 Å². The van der Waals surface area contributed by atoms with Crippen LogP contribution in [0.4, 0.5) is 0 Å². The van der Waals surface area contributed by atoms with Gasteiger partial charge in [0.25, 0.3) is 0 Å². The maximum absolute atomic E-state index is 11.4. The first-order valence-electron chi connectivity index (χ1n) is 3.60. The highest BCUT2D eigenvalue weighted by Crippen LogP contribution is 2.28. The fourth-order valence-electron chi connectivity index (χ4n) is 1.09. The highest BCUT2D eigenvalue weighted by atomic mass is 79.9. The Balaban J connectivity index is 2.93. The van der Waals surface area contributed by atoms with Gasteiger partial charge in [-0.25, -0.2) is 0 Å². The van der Waals surface area contributed by atoms with E-state index in [0.717, 1.165) is 0 Å². The number of halogens is 1. The van der Waals surface area contributed by atoms with Crippen LogP contribution in [0.3, 0.4) is 0 Å². The number of allylic oxidation sites excluding steroid dienone is 4. The van der Waals surface area contributed by atoms with E-state index < -0.39 is 5.41 Å². The summed E-state index contributed by atoms with van der Waals surface area (Å²) >= 11 is 3.07. The van der Waals surface area contributed by atoms with Crippen LogP contribution >= 0.6 is 15.9 Å². The Kier molecular flexibility index (Phi) is 2.83. The van der Waals surface area contributed by atoms with Crippen LogP contribution in [0.5, 0.6) is 0 Å². The van der Waals surface area contributed by atoms with Gasteiger partial charge < -0.3 is 0 Å². The van der Waals surface area contributed by atoms with Crippen molar-refractivity contribution in [1.29, 1.82) is 5.26 Å². The summed E-state index contributed by atoms with van der Waals surface area (Å²) in [5.74, 6) is -0.0781. The van der Waals surface area contributed by atoms with E-state index in [1.165, 1.54) is 0 Å². The monoisotopic (exact) mass is 225 g/mol. The number of ketones is 1. The van der Waals surface area contributed by atoms with Crippen molar-refractivity contribution in [2.75, 3.05) is 5.33 Å². The van der Waals surface area contributed by atoms with Crippen LogP contribution < -0.4 is 0 Å². The molecule has 2 nitrogen and oxygen atoms in total. The molecule has 0 saturated carbocycles. The summed E-state index contributed by atoms with van der Waals surface area (Å²) in [6, 6.07) is 2.05. The Bertz CT molecular complexity index is 287. The summed E-state index contributed by atoms with van der Waals surface area (Å²) in [5, 5.41) is 9.10. The summed E-state index contributed by atoms with van der Waals surface area (Å²) in [4.78, 5) is 11.4. The predicted molar refractivity (Wildman–Crippen MR) is 49.7 cm³/mol. The van der Waals surface area contributed by atoms with Crippen LogP contribution in [-0.4, -0.2) is 11.1 Å². The van der Waals surface area contributed by atoms with E-state index in [9.17, 15) is 4.79 Å². The number of rotatable bonds is 2. The molecule has 1 aliphatic carbocycles. The molecule has 1 rings (SSSR count). The first kappa shape index (κ1) is 9.21. The number of nitrogens with zero attached hydrogens (tertiary/aromatic N) is 1. The molecule has 0 aliphatic heterocycles. The maximum Gasteiger partial charge on any atom is 0.167 e. The molecule has 0 amide bonds. The molecule has 0 aromatic carbocycles. The molecule has 12 heavy (non-hydrogen) atoms. The predicted octanol–water partition coefficient (Wildman–Crippen LogP) is 1.98. The molecule has 0 saturated heterocycles. The standard InChI is InChI=1S/C9H8BrNO/c10-6-8(12)9(7-11)4-2-1-3-5-9/h1-4H,5-6H2. The molecule has 0 aromatic rings. The van der Waals surface area contributed by atoms with E-state index in [2.05, 4.69) is 22.0 Å². The third-order valence-corrected chi connectivity index (χ3v) is 2.40. The van der Waals surface area contributed by atoms with Crippen LogP contribution in [0.15, 0.2) is 24.3 Å². The fraction of sp³-hybridized carbons (Fsp3) is 0.333.